The Morgan fingerprint density at radius 3 is 2.40 bits per heavy atom. The lowest BCUT2D eigenvalue weighted by atomic mass is 9.76. The molecule has 20 heavy (non-hydrogen) atoms. The Morgan fingerprint density at radius 2 is 2.00 bits per heavy atom. The van der Waals surface area contributed by atoms with Crippen LogP contribution in [0.4, 0.5) is 4.79 Å². The molecule has 3 atom stereocenters. The molecule has 0 aromatic heterocycles. The molecule has 1 saturated heterocycles. The number of urea groups is 1. The minimum Gasteiger partial charge on any atom is -0.481 e. The van der Waals surface area contributed by atoms with Crippen LogP contribution in [0.1, 0.15) is 27.2 Å². The molecule has 1 rings (SSSR count). The van der Waals surface area contributed by atoms with Crippen molar-refractivity contribution in [1.82, 2.24) is 10.2 Å². The Labute approximate surface area is 122 Å². The summed E-state index contributed by atoms with van der Waals surface area (Å²) in [6.07, 6.45) is 2.07. The van der Waals surface area contributed by atoms with E-state index in [1.165, 1.54) is 0 Å². The van der Waals surface area contributed by atoms with Crippen molar-refractivity contribution in [3.8, 4) is 0 Å². The number of nitrogens with one attached hydrogen (secondary N) is 1. The van der Waals surface area contributed by atoms with Gasteiger partial charge in [0.1, 0.15) is 0 Å². The molecule has 1 aliphatic rings. The van der Waals surface area contributed by atoms with Crippen molar-refractivity contribution in [2.24, 2.45) is 11.3 Å². The third-order valence-corrected chi connectivity index (χ3v) is 5.53. The maximum absolute atomic E-state index is 12.0. The zero-order valence-corrected chi connectivity index (χ0v) is 13.3. The van der Waals surface area contributed by atoms with Gasteiger partial charge in [-0.25, -0.2) is 4.79 Å². The second kappa shape index (κ2) is 6.56. The lowest BCUT2D eigenvalue weighted by Crippen LogP contribution is -2.45. The predicted octanol–water partition coefficient (Wildman–Crippen LogP) is 0.896. The average molecular weight is 304 g/mol. The normalized spacial score (nSPS) is 25.6. The molecule has 3 unspecified atom stereocenters. The monoisotopic (exact) mass is 304 g/mol. The van der Waals surface area contributed by atoms with Crippen LogP contribution in [0.5, 0.6) is 0 Å². The van der Waals surface area contributed by atoms with Crippen LogP contribution in [-0.4, -0.2) is 57.4 Å². The van der Waals surface area contributed by atoms with Crippen LogP contribution in [0.25, 0.3) is 0 Å². The number of likely N-dealkylation sites (tertiary alicyclic amines) is 1. The maximum atomic E-state index is 12.0. The minimum absolute atomic E-state index is 0.0279. The Bertz CT molecular complexity index is 413. The highest BCUT2D eigenvalue weighted by Crippen LogP contribution is 2.38. The Balaban J connectivity index is 2.61. The van der Waals surface area contributed by atoms with E-state index in [4.69, 9.17) is 0 Å². The fraction of sp³-hybridized carbons (Fsp3) is 0.846. The van der Waals surface area contributed by atoms with Gasteiger partial charge in [0, 0.05) is 41.9 Å². The Kier molecular flexibility index (Phi) is 5.56. The van der Waals surface area contributed by atoms with Crippen LogP contribution in [0, 0.1) is 11.3 Å². The number of hydrogen-bond acceptors (Lipinski definition) is 3. The molecule has 0 aromatic carbocycles. The van der Waals surface area contributed by atoms with Crippen molar-refractivity contribution in [3.05, 3.63) is 0 Å². The predicted molar refractivity (Wildman–Crippen MR) is 78.0 cm³/mol. The van der Waals surface area contributed by atoms with Crippen LogP contribution >= 0.6 is 0 Å². The summed E-state index contributed by atoms with van der Waals surface area (Å²) in [6, 6.07) is -0.272. The van der Waals surface area contributed by atoms with Gasteiger partial charge in [0.15, 0.2) is 0 Å². The smallest absolute Gasteiger partial charge is 0.317 e. The molecule has 1 aliphatic heterocycles. The van der Waals surface area contributed by atoms with Crippen LogP contribution in [0.15, 0.2) is 0 Å². The summed E-state index contributed by atoms with van der Waals surface area (Å²) in [6.45, 7) is 6.56. The third-order valence-electron chi connectivity index (χ3n) is 4.23. The van der Waals surface area contributed by atoms with E-state index in [1.807, 2.05) is 13.8 Å². The van der Waals surface area contributed by atoms with Crippen molar-refractivity contribution in [3.63, 3.8) is 0 Å². The lowest BCUT2D eigenvalue weighted by molar-refractivity contribution is -0.150. The van der Waals surface area contributed by atoms with Gasteiger partial charge >= 0.3 is 12.0 Å². The number of nitrogens with zero attached hydrogens (tertiary/aromatic N) is 1. The first-order valence-corrected chi connectivity index (χ1v) is 8.41. The zero-order chi connectivity index (χ0) is 15.5. The van der Waals surface area contributed by atoms with Gasteiger partial charge in [-0.05, 0) is 19.3 Å². The minimum atomic E-state index is -0.986. The molecule has 7 heteroatoms. The summed E-state index contributed by atoms with van der Waals surface area (Å²) in [5.74, 6) is -0.870. The van der Waals surface area contributed by atoms with E-state index in [0.29, 0.717) is 19.5 Å². The quantitative estimate of drug-likeness (QED) is 0.790. The van der Waals surface area contributed by atoms with Crippen molar-refractivity contribution in [2.75, 3.05) is 25.9 Å². The van der Waals surface area contributed by atoms with E-state index in [1.54, 1.807) is 18.1 Å². The Hall–Kier alpha value is -1.11. The largest absolute Gasteiger partial charge is 0.481 e. The number of carboxylic acids is 1. The van der Waals surface area contributed by atoms with E-state index >= 15 is 0 Å². The number of aliphatic carboxylic acids is 1. The standard InChI is InChI=1S/C13H24N2O4S/c1-9(2)13(11(16)17)5-6-15(8-13)12(18)14-7-10(3)20(4)19/h9-10H,5-8H2,1-4H3,(H,14,18)(H,16,17). The molecule has 0 spiro atoms. The van der Waals surface area contributed by atoms with Crippen molar-refractivity contribution < 1.29 is 18.9 Å². The molecule has 6 nitrogen and oxygen atoms in total. The van der Waals surface area contributed by atoms with Crippen molar-refractivity contribution in [1.29, 1.82) is 0 Å². The maximum Gasteiger partial charge on any atom is 0.317 e. The SMILES string of the molecule is CC(CNC(=O)N1CCC(C(=O)O)(C(C)C)C1)S(C)=O. The van der Waals surface area contributed by atoms with Crippen LogP contribution in [0.3, 0.4) is 0 Å². The van der Waals surface area contributed by atoms with Crippen molar-refractivity contribution in [2.45, 2.75) is 32.4 Å². The summed E-state index contributed by atoms with van der Waals surface area (Å²) >= 11 is 0. The van der Waals surface area contributed by atoms with Gasteiger partial charge in [0.05, 0.1) is 5.41 Å². The first kappa shape index (κ1) is 16.9. The van der Waals surface area contributed by atoms with Crippen LogP contribution in [0.2, 0.25) is 0 Å². The molecule has 1 fully saturated rings. The Morgan fingerprint density at radius 1 is 1.40 bits per heavy atom. The number of hydrogen-bond donors (Lipinski definition) is 2. The summed E-state index contributed by atoms with van der Waals surface area (Å²) < 4.78 is 11.2. The lowest BCUT2D eigenvalue weighted by Gasteiger charge is -2.28. The fourth-order valence-corrected chi connectivity index (χ4v) is 2.68. The van der Waals surface area contributed by atoms with E-state index in [-0.39, 0.29) is 23.7 Å². The summed E-state index contributed by atoms with van der Waals surface area (Å²) in [5.41, 5.74) is -0.851. The highest BCUT2D eigenvalue weighted by molar-refractivity contribution is 7.84. The number of carbonyl (C=O) groups excluding carboxylic acids is 1. The van der Waals surface area contributed by atoms with Crippen molar-refractivity contribution >= 4 is 22.8 Å². The number of carboxylic acid groups (broad SMARTS) is 1. The molecule has 0 radical (unpaired) electrons. The third kappa shape index (κ3) is 3.50. The molecule has 2 N–H and O–H groups in total. The van der Waals surface area contributed by atoms with Gasteiger partial charge in [-0.15, -0.1) is 0 Å². The molecule has 1 heterocycles. The number of amides is 2. The van der Waals surface area contributed by atoms with E-state index < -0.39 is 22.2 Å². The van der Waals surface area contributed by atoms with Crippen LogP contribution < -0.4 is 5.32 Å². The van der Waals surface area contributed by atoms with E-state index in [2.05, 4.69) is 5.32 Å². The van der Waals surface area contributed by atoms with Crippen LogP contribution in [-0.2, 0) is 15.6 Å². The first-order valence-electron chi connectivity index (χ1n) is 6.79. The molecule has 116 valence electrons. The molecule has 0 aliphatic carbocycles. The van der Waals surface area contributed by atoms with Gasteiger partial charge in [0.2, 0.25) is 0 Å². The van der Waals surface area contributed by atoms with Gasteiger partial charge in [0.25, 0.3) is 0 Å². The first-order chi connectivity index (χ1) is 9.20. The van der Waals surface area contributed by atoms with Gasteiger partial charge < -0.3 is 15.3 Å². The summed E-state index contributed by atoms with van der Waals surface area (Å²) in [4.78, 5) is 25.1. The zero-order valence-electron chi connectivity index (χ0n) is 12.5. The summed E-state index contributed by atoms with van der Waals surface area (Å²) in [5, 5.41) is 12.0. The highest BCUT2D eigenvalue weighted by atomic mass is 32.2. The molecule has 0 aromatic rings. The molecule has 2 amide bonds. The second-order valence-electron chi connectivity index (χ2n) is 5.78. The molecule has 0 bridgehead atoms. The molecule has 0 saturated carbocycles. The van der Waals surface area contributed by atoms with E-state index in [9.17, 15) is 18.9 Å². The average Bonchev–Trinajstić information content (AvgIpc) is 2.81. The van der Waals surface area contributed by atoms with Gasteiger partial charge in [-0.3, -0.25) is 9.00 Å². The molecular formula is C13H24N2O4S. The number of carbonyl (C=O) groups is 2. The van der Waals surface area contributed by atoms with Gasteiger partial charge in [-0.2, -0.15) is 0 Å². The van der Waals surface area contributed by atoms with E-state index in [0.717, 1.165) is 0 Å². The number of rotatable bonds is 5. The second-order valence-corrected chi connectivity index (χ2v) is 7.58. The fourth-order valence-electron chi connectivity index (χ4n) is 2.36. The highest BCUT2D eigenvalue weighted by Gasteiger charge is 2.48. The topological polar surface area (TPSA) is 86.7 Å². The van der Waals surface area contributed by atoms with Gasteiger partial charge in [-0.1, -0.05) is 13.8 Å². The summed E-state index contributed by atoms with van der Waals surface area (Å²) in [7, 11) is -0.986. The molecular weight excluding hydrogens is 280 g/mol.